The summed E-state index contributed by atoms with van der Waals surface area (Å²) in [4.78, 5) is 0. The molecule has 1 aromatic heterocycles. The molecule has 0 aliphatic heterocycles. The molecule has 1 nitrogen and oxygen atoms in total. The van der Waals surface area contributed by atoms with E-state index in [-0.39, 0.29) is 0 Å². The molecule has 0 amide bonds. The number of hydrogen-bond acceptors (Lipinski definition) is 0. The molecule has 1 aromatic carbocycles. The van der Waals surface area contributed by atoms with Gasteiger partial charge in [0.25, 0.3) is 0 Å². The zero-order valence-electron chi connectivity index (χ0n) is 10.8. The average Bonchev–Trinajstić information content (AvgIpc) is 2.73. The van der Waals surface area contributed by atoms with Crippen LogP contribution in [0.4, 0.5) is 0 Å². The topological polar surface area (TPSA) is 4.93 Å². The van der Waals surface area contributed by atoms with Crippen molar-refractivity contribution in [2.75, 3.05) is 0 Å². The summed E-state index contributed by atoms with van der Waals surface area (Å²) in [6.45, 7) is 5.48. The molecular weight excluding hydrogens is 206 g/mol. The van der Waals surface area contributed by atoms with Gasteiger partial charge in [-0.2, -0.15) is 0 Å². The Labute approximate surface area is 104 Å². The van der Waals surface area contributed by atoms with Gasteiger partial charge in [-0.1, -0.05) is 49.6 Å². The maximum atomic E-state index is 2.37. The SMILES string of the molecule is CCCC/C=C(\C)Cn1ccc2ccccc21. The first-order valence-corrected chi connectivity index (χ1v) is 6.50. The molecule has 2 rings (SSSR count). The molecule has 2 aromatic rings. The van der Waals surface area contributed by atoms with Crippen molar-refractivity contribution < 1.29 is 0 Å². The van der Waals surface area contributed by atoms with E-state index in [4.69, 9.17) is 0 Å². The molecule has 0 N–H and O–H groups in total. The summed E-state index contributed by atoms with van der Waals surface area (Å²) in [5.41, 5.74) is 2.79. The summed E-state index contributed by atoms with van der Waals surface area (Å²) >= 11 is 0. The van der Waals surface area contributed by atoms with Gasteiger partial charge in [0.15, 0.2) is 0 Å². The van der Waals surface area contributed by atoms with Crippen molar-refractivity contribution in [2.45, 2.75) is 39.7 Å². The van der Waals surface area contributed by atoms with E-state index in [9.17, 15) is 0 Å². The maximum absolute atomic E-state index is 2.37. The standard InChI is InChI=1S/C16H21N/c1-3-4-5-8-14(2)13-17-12-11-15-9-6-7-10-16(15)17/h6-12H,3-5,13H2,1-2H3/b14-8+. The summed E-state index contributed by atoms with van der Waals surface area (Å²) in [5.74, 6) is 0. The Morgan fingerprint density at radius 1 is 1.24 bits per heavy atom. The van der Waals surface area contributed by atoms with Crippen LogP contribution < -0.4 is 0 Å². The van der Waals surface area contributed by atoms with E-state index in [1.54, 1.807) is 0 Å². The van der Waals surface area contributed by atoms with E-state index in [1.807, 2.05) is 0 Å². The third kappa shape index (κ3) is 3.00. The van der Waals surface area contributed by atoms with Gasteiger partial charge >= 0.3 is 0 Å². The molecule has 0 unspecified atom stereocenters. The predicted octanol–water partition coefficient (Wildman–Crippen LogP) is 4.78. The number of para-hydroxylation sites is 1. The van der Waals surface area contributed by atoms with Crippen LogP contribution in [0, 0.1) is 0 Å². The number of hydrogen-bond donors (Lipinski definition) is 0. The van der Waals surface area contributed by atoms with E-state index in [0.717, 1.165) is 6.54 Å². The molecule has 0 aliphatic rings. The van der Waals surface area contributed by atoms with Gasteiger partial charge < -0.3 is 4.57 Å². The number of fused-ring (bicyclic) bond motifs is 1. The van der Waals surface area contributed by atoms with Crippen LogP contribution in [0.15, 0.2) is 48.2 Å². The number of aromatic nitrogens is 1. The lowest BCUT2D eigenvalue weighted by atomic mass is 10.2. The van der Waals surface area contributed by atoms with Gasteiger partial charge in [0.05, 0.1) is 0 Å². The van der Waals surface area contributed by atoms with E-state index in [1.165, 1.54) is 35.7 Å². The zero-order chi connectivity index (χ0) is 12.1. The third-order valence-corrected chi connectivity index (χ3v) is 3.15. The van der Waals surface area contributed by atoms with Gasteiger partial charge in [-0.25, -0.2) is 0 Å². The second-order valence-corrected chi connectivity index (χ2v) is 4.70. The van der Waals surface area contributed by atoms with Crippen LogP contribution in [0.3, 0.4) is 0 Å². The quantitative estimate of drug-likeness (QED) is 0.512. The highest BCUT2D eigenvalue weighted by molar-refractivity contribution is 5.79. The third-order valence-electron chi connectivity index (χ3n) is 3.15. The monoisotopic (exact) mass is 227 g/mol. The molecule has 1 heteroatoms. The first kappa shape index (κ1) is 12.0. The minimum absolute atomic E-state index is 1.01. The largest absolute Gasteiger partial charge is 0.343 e. The van der Waals surface area contributed by atoms with Crippen molar-refractivity contribution >= 4 is 10.9 Å². The highest BCUT2D eigenvalue weighted by atomic mass is 14.9. The minimum Gasteiger partial charge on any atom is -0.343 e. The summed E-state index contributed by atoms with van der Waals surface area (Å²) in [6, 6.07) is 10.7. The molecule has 1 heterocycles. The highest BCUT2D eigenvalue weighted by Crippen LogP contribution is 2.16. The van der Waals surface area contributed by atoms with Crippen LogP contribution in [-0.4, -0.2) is 4.57 Å². The summed E-state index contributed by atoms with van der Waals surface area (Å²) < 4.78 is 2.33. The Morgan fingerprint density at radius 2 is 2.06 bits per heavy atom. The van der Waals surface area contributed by atoms with Crippen molar-refractivity contribution in [1.82, 2.24) is 4.57 Å². The molecular formula is C16H21N. The van der Waals surface area contributed by atoms with Crippen LogP contribution in [-0.2, 0) is 6.54 Å². The average molecular weight is 227 g/mol. The lowest BCUT2D eigenvalue weighted by molar-refractivity contribution is 0.781. The summed E-state index contributed by atoms with van der Waals surface area (Å²) in [6.07, 6.45) is 8.33. The Balaban J connectivity index is 2.10. The van der Waals surface area contributed by atoms with Crippen molar-refractivity contribution in [3.05, 3.63) is 48.2 Å². The van der Waals surface area contributed by atoms with Crippen LogP contribution in [0.1, 0.15) is 33.1 Å². The zero-order valence-corrected chi connectivity index (χ0v) is 10.8. The van der Waals surface area contributed by atoms with E-state index >= 15 is 0 Å². The van der Waals surface area contributed by atoms with Crippen LogP contribution in [0.25, 0.3) is 10.9 Å². The number of rotatable bonds is 5. The molecule has 0 radical (unpaired) electrons. The second kappa shape index (κ2) is 5.72. The molecule has 0 spiro atoms. The van der Waals surface area contributed by atoms with Crippen LogP contribution in [0.2, 0.25) is 0 Å². The van der Waals surface area contributed by atoms with Crippen LogP contribution in [0.5, 0.6) is 0 Å². The minimum atomic E-state index is 1.01. The number of nitrogens with zero attached hydrogens (tertiary/aromatic N) is 1. The summed E-state index contributed by atoms with van der Waals surface area (Å²) in [7, 11) is 0. The highest BCUT2D eigenvalue weighted by Gasteiger charge is 1.99. The van der Waals surface area contributed by atoms with E-state index in [0.29, 0.717) is 0 Å². The Kier molecular flexibility index (Phi) is 4.03. The fourth-order valence-corrected chi connectivity index (χ4v) is 2.16. The Morgan fingerprint density at radius 3 is 2.88 bits per heavy atom. The molecule has 0 atom stereocenters. The Hall–Kier alpha value is -1.50. The van der Waals surface area contributed by atoms with Crippen molar-refractivity contribution in [1.29, 1.82) is 0 Å². The first-order valence-electron chi connectivity index (χ1n) is 6.50. The Bertz CT molecular complexity index is 505. The number of unbranched alkanes of at least 4 members (excludes halogenated alkanes) is 2. The van der Waals surface area contributed by atoms with Gasteiger partial charge in [-0.3, -0.25) is 0 Å². The fraction of sp³-hybridized carbons (Fsp3) is 0.375. The first-order chi connectivity index (χ1) is 8.31. The number of allylic oxidation sites excluding steroid dienone is 2. The van der Waals surface area contributed by atoms with Gasteiger partial charge in [0.1, 0.15) is 0 Å². The van der Waals surface area contributed by atoms with Crippen molar-refractivity contribution in [3.63, 3.8) is 0 Å². The molecule has 0 fully saturated rings. The van der Waals surface area contributed by atoms with Gasteiger partial charge in [0, 0.05) is 18.3 Å². The number of benzene rings is 1. The lowest BCUT2D eigenvalue weighted by Gasteiger charge is -2.06. The molecule has 17 heavy (non-hydrogen) atoms. The van der Waals surface area contributed by atoms with Crippen molar-refractivity contribution in [3.8, 4) is 0 Å². The molecule has 90 valence electrons. The van der Waals surface area contributed by atoms with E-state index < -0.39 is 0 Å². The molecule has 0 bridgehead atoms. The van der Waals surface area contributed by atoms with Gasteiger partial charge in [-0.05, 0) is 30.9 Å². The fourth-order valence-electron chi connectivity index (χ4n) is 2.16. The van der Waals surface area contributed by atoms with E-state index in [2.05, 4.69) is 61.0 Å². The predicted molar refractivity (Wildman–Crippen MR) is 75.2 cm³/mol. The molecule has 0 saturated heterocycles. The molecule has 0 saturated carbocycles. The molecule has 0 aliphatic carbocycles. The smallest absolute Gasteiger partial charge is 0.0483 e. The van der Waals surface area contributed by atoms with Gasteiger partial charge in [0.2, 0.25) is 0 Å². The summed E-state index contributed by atoms with van der Waals surface area (Å²) in [5, 5.41) is 1.33. The normalized spacial score (nSPS) is 12.2. The van der Waals surface area contributed by atoms with Crippen LogP contribution >= 0.6 is 0 Å². The van der Waals surface area contributed by atoms with Crippen molar-refractivity contribution in [2.24, 2.45) is 0 Å². The van der Waals surface area contributed by atoms with Gasteiger partial charge in [-0.15, -0.1) is 0 Å². The lowest BCUT2D eigenvalue weighted by Crippen LogP contribution is -1.97. The maximum Gasteiger partial charge on any atom is 0.0483 e. The second-order valence-electron chi connectivity index (χ2n) is 4.70.